The van der Waals surface area contributed by atoms with E-state index in [4.69, 9.17) is 0 Å². The van der Waals surface area contributed by atoms with Crippen molar-refractivity contribution in [2.75, 3.05) is 0 Å². The monoisotopic (exact) mass is 242 g/mol. The molecule has 0 saturated carbocycles. The Bertz CT molecular complexity index is 609. The van der Waals surface area contributed by atoms with Crippen molar-refractivity contribution in [1.29, 1.82) is 0 Å². The van der Waals surface area contributed by atoms with Crippen LogP contribution in [0.15, 0.2) is 29.1 Å². The lowest BCUT2D eigenvalue weighted by atomic mass is 10.00. The molecule has 0 aliphatic carbocycles. The SMILES string of the molecule is Cc1nc(-c2ccc(C(C)C)cc2)c(C)c(=O)[nH]1. The van der Waals surface area contributed by atoms with Crippen LogP contribution in [0.3, 0.4) is 0 Å². The zero-order valence-electron chi connectivity index (χ0n) is 11.2. The molecule has 3 heteroatoms. The molecule has 0 aliphatic heterocycles. The second-order valence-corrected chi connectivity index (χ2v) is 4.90. The van der Waals surface area contributed by atoms with Gasteiger partial charge in [-0.1, -0.05) is 38.1 Å². The van der Waals surface area contributed by atoms with E-state index in [1.54, 1.807) is 13.8 Å². The van der Waals surface area contributed by atoms with E-state index in [1.165, 1.54) is 5.56 Å². The Morgan fingerprint density at radius 3 is 2.28 bits per heavy atom. The molecule has 94 valence electrons. The smallest absolute Gasteiger partial charge is 0.254 e. The highest BCUT2D eigenvalue weighted by Crippen LogP contribution is 2.22. The molecule has 2 aromatic rings. The fraction of sp³-hybridized carbons (Fsp3) is 0.333. The van der Waals surface area contributed by atoms with Crippen molar-refractivity contribution < 1.29 is 0 Å². The Morgan fingerprint density at radius 2 is 1.72 bits per heavy atom. The van der Waals surface area contributed by atoms with Gasteiger partial charge in [0.25, 0.3) is 5.56 Å². The summed E-state index contributed by atoms with van der Waals surface area (Å²) in [6.07, 6.45) is 0. The van der Waals surface area contributed by atoms with Crippen molar-refractivity contribution in [3.63, 3.8) is 0 Å². The molecule has 0 amide bonds. The summed E-state index contributed by atoms with van der Waals surface area (Å²) in [5.74, 6) is 1.16. The molecule has 1 heterocycles. The van der Waals surface area contributed by atoms with Gasteiger partial charge in [-0.05, 0) is 25.3 Å². The standard InChI is InChI=1S/C15H18N2O/c1-9(2)12-5-7-13(8-6-12)14-10(3)15(18)17-11(4)16-14/h5-9H,1-4H3,(H,16,17,18). The molecule has 0 radical (unpaired) electrons. The number of nitrogens with zero attached hydrogens (tertiary/aromatic N) is 1. The Kier molecular flexibility index (Phi) is 3.32. The summed E-state index contributed by atoms with van der Waals surface area (Å²) < 4.78 is 0. The van der Waals surface area contributed by atoms with Crippen molar-refractivity contribution in [1.82, 2.24) is 9.97 Å². The maximum Gasteiger partial charge on any atom is 0.254 e. The van der Waals surface area contributed by atoms with E-state index in [-0.39, 0.29) is 5.56 Å². The number of hydrogen-bond acceptors (Lipinski definition) is 2. The molecule has 0 spiro atoms. The van der Waals surface area contributed by atoms with Crippen LogP contribution in [0.4, 0.5) is 0 Å². The Balaban J connectivity index is 2.52. The molecule has 0 unspecified atom stereocenters. The summed E-state index contributed by atoms with van der Waals surface area (Å²) in [6, 6.07) is 8.25. The minimum atomic E-state index is -0.0644. The van der Waals surface area contributed by atoms with Gasteiger partial charge in [0.15, 0.2) is 0 Å². The summed E-state index contributed by atoms with van der Waals surface area (Å²) in [5, 5.41) is 0. The van der Waals surface area contributed by atoms with Crippen LogP contribution < -0.4 is 5.56 Å². The van der Waals surface area contributed by atoms with Gasteiger partial charge in [0.05, 0.1) is 5.69 Å². The minimum absolute atomic E-state index is 0.0644. The van der Waals surface area contributed by atoms with Gasteiger partial charge in [-0.2, -0.15) is 0 Å². The van der Waals surface area contributed by atoms with E-state index in [9.17, 15) is 4.79 Å². The summed E-state index contributed by atoms with van der Waals surface area (Å²) in [6.45, 7) is 7.93. The van der Waals surface area contributed by atoms with Gasteiger partial charge in [-0.3, -0.25) is 4.79 Å². The van der Waals surface area contributed by atoms with Crippen LogP contribution in [-0.4, -0.2) is 9.97 Å². The lowest BCUT2D eigenvalue weighted by molar-refractivity contribution is 0.867. The number of nitrogens with one attached hydrogen (secondary N) is 1. The predicted octanol–water partition coefficient (Wildman–Crippen LogP) is 3.18. The summed E-state index contributed by atoms with van der Waals surface area (Å²) in [7, 11) is 0. The van der Waals surface area contributed by atoms with Gasteiger partial charge >= 0.3 is 0 Å². The third-order valence-electron chi connectivity index (χ3n) is 3.12. The Hall–Kier alpha value is -1.90. The highest BCUT2D eigenvalue weighted by molar-refractivity contribution is 5.62. The second kappa shape index (κ2) is 4.77. The number of rotatable bonds is 2. The molecule has 18 heavy (non-hydrogen) atoms. The maximum absolute atomic E-state index is 11.7. The van der Waals surface area contributed by atoms with Crippen molar-refractivity contribution >= 4 is 0 Å². The van der Waals surface area contributed by atoms with Crippen LogP contribution in [0.5, 0.6) is 0 Å². The first-order valence-electron chi connectivity index (χ1n) is 6.17. The lowest BCUT2D eigenvalue weighted by Crippen LogP contribution is -2.14. The third-order valence-corrected chi connectivity index (χ3v) is 3.12. The van der Waals surface area contributed by atoms with Crippen LogP contribution in [0.1, 0.15) is 36.7 Å². The van der Waals surface area contributed by atoms with Crippen LogP contribution in [0.2, 0.25) is 0 Å². The highest BCUT2D eigenvalue weighted by atomic mass is 16.1. The quantitative estimate of drug-likeness (QED) is 0.879. The van der Waals surface area contributed by atoms with E-state index < -0.39 is 0 Å². The molecule has 1 aromatic carbocycles. The molecule has 0 bridgehead atoms. The van der Waals surface area contributed by atoms with Gasteiger partial charge in [0.2, 0.25) is 0 Å². The molecule has 0 fully saturated rings. The molecule has 2 rings (SSSR count). The second-order valence-electron chi connectivity index (χ2n) is 4.90. The van der Waals surface area contributed by atoms with Crippen molar-refractivity contribution in [3.8, 4) is 11.3 Å². The van der Waals surface area contributed by atoms with Crippen LogP contribution in [0.25, 0.3) is 11.3 Å². The minimum Gasteiger partial charge on any atom is -0.311 e. The zero-order chi connectivity index (χ0) is 13.3. The number of aromatic nitrogens is 2. The van der Waals surface area contributed by atoms with Gasteiger partial charge in [0.1, 0.15) is 5.82 Å². The van der Waals surface area contributed by atoms with E-state index >= 15 is 0 Å². The largest absolute Gasteiger partial charge is 0.311 e. The fourth-order valence-electron chi connectivity index (χ4n) is 1.95. The number of hydrogen-bond donors (Lipinski definition) is 1. The normalized spacial score (nSPS) is 10.9. The van der Waals surface area contributed by atoms with Crippen molar-refractivity contribution in [2.24, 2.45) is 0 Å². The summed E-state index contributed by atoms with van der Waals surface area (Å²) in [4.78, 5) is 18.8. The van der Waals surface area contributed by atoms with Gasteiger partial charge in [-0.25, -0.2) is 4.98 Å². The van der Waals surface area contributed by atoms with E-state index in [0.717, 1.165) is 11.3 Å². The van der Waals surface area contributed by atoms with E-state index in [0.29, 0.717) is 17.3 Å². The Morgan fingerprint density at radius 1 is 1.11 bits per heavy atom. The molecule has 3 nitrogen and oxygen atoms in total. The first kappa shape index (κ1) is 12.6. The molecule has 1 aromatic heterocycles. The van der Waals surface area contributed by atoms with Crippen LogP contribution in [-0.2, 0) is 0 Å². The third kappa shape index (κ3) is 2.35. The molecule has 1 N–H and O–H groups in total. The van der Waals surface area contributed by atoms with Crippen molar-refractivity contribution in [2.45, 2.75) is 33.6 Å². The number of aryl methyl sites for hydroxylation is 1. The van der Waals surface area contributed by atoms with Gasteiger partial charge in [0, 0.05) is 11.1 Å². The predicted molar refractivity (Wildman–Crippen MR) is 73.9 cm³/mol. The molecular formula is C15H18N2O. The van der Waals surface area contributed by atoms with Crippen molar-refractivity contribution in [3.05, 3.63) is 51.6 Å². The van der Waals surface area contributed by atoms with Crippen LogP contribution in [0, 0.1) is 13.8 Å². The Labute approximate surface area is 107 Å². The molecule has 0 aliphatic rings. The molecule has 0 saturated heterocycles. The molecular weight excluding hydrogens is 224 g/mol. The average Bonchev–Trinajstić information content (AvgIpc) is 2.34. The summed E-state index contributed by atoms with van der Waals surface area (Å²) >= 11 is 0. The summed E-state index contributed by atoms with van der Waals surface area (Å²) in [5.41, 5.74) is 3.65. The van der Waals surface area contributed by atoms with E-state index in [2.05, 4.69) is 35.9 Å². The highest BCUT2D eigenvalue weighted by Gasteiger charge is 2.08. The first-order valence-corrected chi connectivity index (χ1v) is 6.17. The number of aromatic amines is 1. The van der Waals surface area contributed by atoms with E-state index in [1.807, 2.05) is 12.1 Å². The maximum atomic E-state index is 11.7. The number of benzene rings is 1. The molecule has 0 atom stereocenters. The van der Waals surface area contributed by atoms with Crippen LogP contribution >= 0.6 is 0 Å². The lowest BCUT2D eigenvalue weighted by Gasteiger charge is -2.08. The average molecular weight is 242 g/mol. The van der Waals surface area contributed by atoms with Gasteiger partial charge in [-0.15, -0.1) is 0 Å². The topological polar surface area (TPSA) is 45.8 Å². The number of H-pyrrole nitrogens is 1. The zero-order valence-corrected chi connectivity index (χ0v) is 11.2. The fourth-order valence-corrected chi connectivity index (χ4v) is 1.95. The first-order chi connectivity index (χ1) is 8.49. The van der Waals surface area contributed by atoms with Gasteiger partial charge < -0.3 is 4.98 Å².